The average molecular weight is 407 g/mol. The van der Waals surface area contributed by atoms with Crippen LogP contribution < -0.4 is 5.32 Å². The number of nitrogens with zero attached hydrogens (tertiary/aromatic N) is 1. The number of rotatable bonds is 3. The minimum Gasteiger partial charge on any atom is -0.436 e. The van der Waals surface area contributed by atoms with E-state index in [9.17, 15) is 4.79 Å². The molecule has 4 rings (SSSR count). The number of aromatic nitrogens is 1. The van der Waals surface area contributed by atoms with E-state index >= 15 is 0 Å². The van der Waals surface area contributed by atoms with Gasteiger partial charge in [0.15, 0.2) is 5.58 Å². The highest BCUT2D eigenvalue weighted by Gasteiger charge is 2.12. The Labute approximate surface area is 159 Å². The molecule has 0 saturated heterocycles. The minimum absolute atomic E-state index is 0.140. The standard InChI is InChI=1S/C21H15BrN2O2/c1-13-4-2-3-5-17(13)20(25)23-16-10-11-19-18(12-16)24-21(26-19)14-6-8-15(22)9-7-14/h2-12H,1H3,(H,23,25). The number of nitrogens with one attached hydrogen (secondary N) is 1. The molecule has 5 heteroatoms. The van der Waals surface area contributed by atoms with Gasteiger partial charge in [0.05, 0.1) is 0 Å². The Morgan fingerprint density at radius 1 is 1.04 bits per heavy atom. The van der Waals surface area contributed by atoms with Gasteiger partial charge in [-0.3, -0.25) is 4.79 Å². The maximum Gasteiger partial charge on any atom is 0.255 e. The van der Waals surface area contributed by atoms with Gasteiger partial charge in [0.25, 0.3) is 5.91 Å². The quantitative estimate of drug-likeness (QED) is 0.466. The monoisotopic (exact) mass is 406 g/mol. The molecule has 4 aromatic rings. The van der Waals surface area contributed by atoms with Gasteiger partial charge in [0, 0.05) is 21.3 Å². The summed E-state index contributed by atoms with van der Waals surface area (Å²) in [6, 6.07) is 20.7. The van der Waals surface area contributed by atoms with Crippen LogP contribution in [-0.2, 0) is 0 Å². The summed E-state index contributed by atoms with van der Waals surface area (Å²) in [5.74, 6) is 0.411. The van der Waals surface area contributed by atoms with Gasteiger partial charge in [-0.15, -0.1) is 0 Å². The summed E-state index contributed by atoms with van der Waals surface area (Å²) in [4.78, 5) is 17.0. The van der Waals surface area contributed by atoms with Crippen molar-refractivity contribution in [3.63, 3.8) is 0 Å². The van der Waals surface area contributed by atoms with Crippen molar-refractivity contribution >= 4 is 38.6 Å². The average Bonchev–Trinajstić information content (AvgIpc) is 3.06. The second kappa shape index (κ2) is 6.77. The van der Waals surface area contributed by atoms with Crippen molar-refractivity contribution < 1.29 is 9.21 Å². The Balaban J connectivity index is 1.62. The van der Waals surface area contributed by atoms with E-state index in [4.69, 9.17) is 4.42 Å². The van der Waals surface area contributed by atoms with Gasteiger partial charge in [-0.1, -0.05) is 34.1 Å². The van der Waals surface area contributed by atoms with Crippen LogP contribution in [0.1, 0.15) is 15.9 Å². The predicted molar refractivity (Wildman–Crippen MR) is 106 cm³/mol. The highest BCUT2D eigenvalue weighted by atomic mass is 79.9. The number of fused-ring (bicyclic) bond motifs is 1. The van der Waals surface area contributed by atoms with Crippen LogP contribution in [-0.4, -0.2) is 10.9 Å². The third-order valence-electron chi connectivity index (χ3n) is 4.13. The number of oxazole rings is 1. The number of carbonyl (C=O) groups excluding carboxylic acids is 1. The second-order valence-corrected chi connectivity index (χ2v) is 6.89. The number of halogens is 1. The maximum absolute atomic E-state index is 12.5. The van der Waals surface area contributed by atoms with Crippen molar-refractivity contribution in [2.45, 2.75) is 6.92 Å². The van der Waals surface area contributed by atoms with Gasteiger partial charge in [0.1, 0.15) is 5.52 Å². The molecule has 26 heavy (non-hydrogen) atoms. The van der Waals surface area contributed by atoms with E-state index in [1.54, 1.807) is 0 Å². The fourth-order valence-corrected chi connectivity index (χ4v) is 3.01. The largest absolute Gasteiger partial charge is 0.436 e. The number of carbonyl (C=O) groups is 1. The van der Waals surface area contributed by atoms with E-state index in [0.29, 0.717) is 28.2 Å². The molecule has 0 atom stereocenters. The first-order chi connectivity index (χ1) is 12.6. The summed E-state index contributed by atoms with van der Waals surface area (Å²) in [6.45, 7) is 1.92. The van der Waals surface area contributed by atoms with Crippen molar-refractivity contribution in [2.75, 3.05) is 5.32 Å². The number of benzene rings is 3. The topological polar surface area (TPSA) is 55.1 Å². The molecule has 0 saturated carbocycles. The Kier molecular flexibility index (Phi) is 4.31. The normalized spacial score (nSPS) is 10.8. The predicted octanol–water partition coefficient (Wildman–Crippen LogP) is 5.82. The zero-order valence-electron chi connectivity index (χ0n) is 14.0. The molecular formula is C21H15BrN2O2. The first-order valence-electron chi connectivity index (χ1n) is 8.14. The van der Waals surface area contributed by atoms with Crippen LogP contribution in [0.4, 0.5) is 5.69 Å². The molecule has 1 amide bonds. The highest BCUT2D eigenvalue weighted by Crippen LogP contribution is 2.27. The fraction of sp³-hybridized carbons (Fsp3) is 0.0476. The molecular weight excluding hydrogens is 392 g/mol. The van der Waals surface area contributed by atoms with Crippen LogP contribution in [0.25, 0.3) is 22.6 Å². The summed E-state index contributed by atoms with van der Waals surface area (Å²) >= 11 is 3.42. The minimum atomic E-state index is -0.140. The molecule has 1 N–H and O–H groups in total. The van der Waals surface area contributed by atoms with Gasteiger partial charge in [-0.2, -0.15) is 0 Å². The van der Waals surface area contributed by atoms with E-state index in [-0.39, 0.29) is 5.91 Å². The molecule has 0 aliphatic rings. The lowest BCUT2D eigenvalue weighted by atomic mass is 10.1. The second-order valence-electron chi connectivity index (χ2n) is 5.98. The zero-order chi connectivity index (χ0) is 18.1. The van der Waals surface area contributed by atoms with Gasteiger partial charge in [-0.05, 0) is 61.0 Å². The van der Waals surface area contributed by atoms with Gasteiger partial charge < -0.3 is 9.73 Å². The highest BCUT2D eigenvalue weighted by molar-refractivity contribution is 9.10. The molecule has 0 unspecified atom stereocenters. The van der Waals surface area contributed by atoms with E-state index in [2.05, 4.69) is 26.2 Å². The number of aryl methyl sites for hydroxylation is 1. The Bertz CT molecular complexity index is 1100. The van der Waals surface area contributed by atoms with Crippen LogP contribution >= 0.6 is 15.9 Å². The first-order valence-corrected chi connectivity index (χ1v) is 8.93. The third-order valence-corrected chi connectivity index (χ3v) is 4.65. The van der Waals surface area contributed by atoms with Crippen LogP contribution in [0, 0.1) is 6.92 Å². The zero-order valence-corrected chi connectivity index (χ0v) is 15.6. The number of hydrogen-bond donors (Lipinski definition) is 1. The molecule has 0 fully saturated rings. The van der Waals surface area contributed by atoms with Crippen LogP contribution in [0.15, 0.2) is 75.6 Å². The van der Waals surface area contributed by atoms with Gasteiger partial charge >= 0.3 is 0 Å². The number of hydrogen-bond acceptors (Lipinski definition) is 3. The molecule has 4 nitrogen and oxygen atoms in total. The molecule has 1 aromatic heterocycles. The maximum atomic E-state index is 12.5. The van der Waals surface area contributed by atoms with Crippen LogP contribution in [0.5, 0.6) is 0 Å². The van der Waals surface area contributed by atoms with E-state index in [1.807, 2.05) is 73.7 Å². The first kappa shape index (κ1) is 16.5. The molecule has 128 valence electrons. The van der Waals surface area contributed by atoms with Crippen LogP contribution in [0.3, 0.4) is 0 Å². The summed E-state index contributed by atoms with van der Waals surface area (Å²) in [6.07, 6.45) is 0. The lowest BCUT2D eigenvalue weighted by Gasteiger charge is -2.07. The SMILES string of the molecule is Cc1ccccc1C(=O)Nc1ccc2oc(-c3ccc(Br)cc3)nc2c1. The number of anilines is 1. The summed E-state index contributed by atoms with van der Waals surface area (Å²) in [5.41, 5.74) is 4.55. The van der Waals surface area contributed by atoms with Crippen LogP contribution in [0.2, 0.25) is 0 Å². The molecule has 0 bridgehead atoms. The smallest absolute Gasteiger partial charge is 0.255 e. The fourth-order valence-electron chi connectivity index (χ4n) is 2.75. The van der Waals surface area contributed by atoms with Crippen molar-refractivity contribution in [3.8, 4) is 11.5 Å². The Morgan fingerprint density at radius 3 is 2.58 bits per heavy atom. The van der Waals surface area contributed by atoms with E-state index in [0.717, 1.165) is 15.6 Å². The third kappa shape index (κ3) is 3.26. The molecule has 0 radical (unpaired) electrons. The lowest BCUT2D eigenvalue weighted by Crippen LogP contribution is -2.13. The van der Waals surface area contributed by atoms with Crippen molar-refractivity contribution in [1.82, 2.24) is 4.98 Å². The molecule has 3 aromatic carbocycles. The summed E-state index contributed by atoms with van der Waals surface area (Å²) in [7, 11) is 0. The Morgan fingerprint density at radius 2 is 1.81 bits per heavy atom. The molecule has 1 heterocycles. The lowest BCUT2D eigenvalue weighted by molar-refractivity contribution is 0.102. The van der Waals surface area contributed by atoms with Crippen molar-refractivity contribution in [3.05, 3.63) is 82.3 Å². The van der Waals surface area contributed by atoms with Gasteiger partial charge in [0.2, 0.25) is 5.89 Å². The van der Waals surface area contributed by atoms with Crippen molar-refractivity contribution in [2.24, 2.45) is 0 Å². The molecule has 0 aliphatic carbocycles. The summed E-state index contributed by atoms with van der Waals surface area (Å²) < 4.78 is 6.82. The van der Waals surface area contributed by atoms with E-state index < -0.39 is 0 Å². The van der Waals surface area contributed by atoms with E-state index in [1.165, 1.54) is 0 Å². The molecule has 0 spiro atoms. The summed E-state index contributed by atoms with van der Waals surface area (Å²) in [5, 5.41) is 2.92. The Hall–Kier alpha value is -2.92. The van der Waals surface area contributed by atoms with Gasteiger partial charge in [-0.25, -0.2) is 4.98 Å². The number of amides is 1. The molecule has 0 aliphatic heterocycles. The van der Waals surface area contributed by atoms with Crippen molar-refractivity contribution in [1.29, 1.82) is 0 Å².